The van der Waals surface area contributed by atoms with Crippen LogP contribution in [0.5, 0.6) is 5.75 Å². The van der Waals surface area contributed by atoms with Crippen LogP contribution in [0.4, 0.5) is 0 Å². The molecular formula is C10H8INO. The Bertz CT molecular complexity index is 442. The number of hydrogen-bond acceptors (Lipinski definition) is 2. The number of nitrogens with zero attached hydrogens (tertiary/aromatic N) is 1. The Kier molecular flexibility index (Phi) is 2.35. The second kappa shape index (κ2) is 3.49. The Morgan fingerprint density at radius 2 is 2.08 bits per heavy atom. The van der Waals surface area contributed by atoms with Crippen molar-refractivity contribution in [3.63, 3.8) is 0 Å². The van der Waals surface area contributed by atoms with Crippen molar-refractivity contribution in [2.45, 2.75) is 0 Å². The lowest BCUT2D eigenvalue weighted by atomic mass is 10.2. The Morgan fingerprint density at radius 3 is 2.85 bits per heavy atom. The molecular weight excluding hydrogens is 277 g/mol. The molecule has 1 aromatic heterocycles. The molecule has 1 aromatic carbocycles. The van der Waals surface area contributed by atoms with E-state index in [4.69, 9.17) is 4.74 Å². The number of methoxy groups -OCH3 is 1. The second-order valence-electron chi connectivity index (χ2n) is 2.66. The van der Waals surface area contributed by atoms with Crippen LogP contribution >= 0.6 is 22.6 Å². The molecule has 0 bridgehead atoms. The Labute approximate surface area is 90.1 Å². The Morgan fingerprint density at radius 1 is 1.31 bits per heavy atom. The van der Waals surface area contributed by atoms with Gasteiger partial charge in [0.05, 0.1) is 16.2 Å². The van der Waals surface area contributed by atoms with Gasteiger partial charge in [-0.25, -0.2) is 0 Å². The van der Waals surface area contributed by atoms with E-state index in [0.29, 0.717) is 0 Å². The lowest BCUT2D eigenvalue weighted by Crippen LogP contribution is -1.90. The SMILES string of the molecule is COc1c(I)cnc2ccccc12. The average Bonchev–Trinajstić information content (AvgIpc) is 2.18. The van der Waals surface area contributed by atoms with Gasteiger partial charge in [-0.3, -0.25) is 4.98 Å². The molecule has 0 N–H and O–H groups in total. The van der Waals surface area contributed by atoms with Crippen LogP contribution in [0.2, 0.25) is 0 Å². The van der Waals surface area contributed by atoms with Crippen molar-refractivity contribution in [2.75, 3.05) is 7.11 Å². The molecule has 3 heteroatoms. The minimum absolute atomic E-state index is 0.909. The van der Waals surface area contributed by atoms with E-state index in [1.165, 1.54) is 0 Å². The first-order chi connectivity index (χ1) is 6.33. The van der Waals surface area contributed by atoms with Crippen molar-refractivity contribution < 1.29 is 4.74 Å². The number of halogens is 1. The van der Waals surface area contributed by atoms with Crippen LogP contribution in [0.25, 0.3) is 10.9 Å². The predicted octanol–water partition coefficient (Wildman–Crippen LogP) is 2.85. The van der Waals surface area contributed by atoms with Crippen LogP contribution in [-0.2, 0) is 0 Å². The van der Waals surface area contributed by atoms with E-state index in [-0.39, 0.29) is 0 Å². The number of benzene rings is 1. The summed E-state index contributed by atoms with van der Waals surface area (Å²) in [6.07, 6.45) is 1.82. The fourth-order valence-corrected chi connectivity index (χ4v) is 1.95. The van der Waals surface area contributed by atoms with E-state index in [0.717, 1.165) is 20.2 Å². The van der Waals surface area contributed by atoms with Crippen LogP contribution in [0.3, 0.4) is 0 Å². The van der Waals surface area contributed by atoms with Gasteiger partial charge in [0.2, 0.25) is 0 Å². The number of rotatable bonds is 1. The first-order valence-corrected chi connectivity index (χ1v) is 4.98. The quantitative estimate of drug-likeness (QED) is 0.752. The van der Waals surface area contributed by atoms with Gasteiger partial charge in [0.1, 0.15) is 5.75 Å². The van der Waals surface area contributed by atoms with E-state index in [1.807, 2.05) is 30.5 Å². The molecule has 0 aliphatic heterocycles. The van der Waals surface area contributed by atoms with E-state index in [9.17, 15) is 0 Å². The van der Waals surface area contributed by atoms with Gasteiger partial charge in [-0.1, -0.05) is 12.1 Å². The summed E-state index contributed by atoms with van der Waals surface area (Å²) in [7, 11) is 1.68. The van der Waals surface area contributed by atoms with Gasteiger partial charge in [0, 0.05) is 11.6 Å². The molecule has 0 amide bonds. The van der Waals surface area contributed by atoms with E-state index < -0.39 is 0 Å². The van der Waals surface area contributed by atoms with E-state index in [1.54, 1.807) is 7.11 Å². The first-order valence-electron chi connectivity index (χ1n) is 3.90. The number of fused-ring (bicyclic) bond motifs is 1. The van der Waals surface area contributed by atoms with E-state index in [2.05, 4.69) is 27.6 Å². The maximum absolute atomic E-state index is 5.31. The summed E-state index contributed by atoms with van der Waals surface area (Å²) >= 11 is 2.22. The molecule has 0 aliphatic rings. The minimum atomic E-state index is 0.909. The fraction of sp³-hybridized carbons (Fsp3) is 0.100. The highest BCUT2D eigenvalue weighted by Crippen LogP contribution is 2.28. The molecule has 66 valence electrons. The lowest BCUT2D eigenvalue weighted by molar-refractivity contribution is 0.416. The predicted molar refractivity (Wildman–Crippen MR) is 61.0 cm³/mol. The normalized spacial score (nSPS) is 10.3. The molecule has 0 saturated carbocycles. The van der Waals surface area contributed by atoms with Crippen LogP contribution in [-0.4, -0.2) is 12.1 Å². The molecule has 0 radical (unpaired) electrons. The summed E-state index contributed by atoms with van der Waals surface area (Å²) in [5, 5.41) is 1.07. The van der Waals surface area contributed by atoms with Gasteiger partial charge in [-0.15, -0.1) is 0 Å². The first kappa shape index (κ1) is 8.74. The molecule has 2 aromatic rings. The zero-order valence-corrected chi connectivity index (χ0v) is 9.28. The maximum Gasteiger partial charge on any atom is 0.143 e. The second-order valence-corrected chi connectivity index (χ2v) is 3.82. The topological polar surface area (TPSA) is 22.1 Å². The van der Waals surface area contributed by atoms with Gasteiger partial charge in [-0.05, 0) is 34.7 Å². The average molecular weight is 285 g/mol. The Hall–Kier alpha value is -0.840. The highest BCUT2D eigenvalue weighted by Gasteiger charge is 2.05. The highest BCUT2D eigenvalue weighted by molar-refractivity contribution is 14.1. The molecule has 0 fully saturated rings. The smallest absolute Gasteiger partial charge is 0.143 e. The van der Waals surface area contributed by atoms with Gasteiger partial charge < -0.3 is 4.74 Å². The minimum Gasteiger partial charge on any atom is -0.495 e. The number of hydrogen-bond donors (Lipinski definition) is 0. The summed E-state index contributed by atoms with van der Waals surface area (Å²) in [6.45, 7) is 0. The number of pyridine rings is 1. The molecule has 2 nitrogen and oxygen atoms in total. The summed E-state index contributed by atoms with van der Waals surface area (Å²) < 4.78 is 6.35. The third-order valence-electron chi connectivity index (χ3n) is 1.89. The highest BCUT2D eigenvalue weighted by atomic mass is 127. The van der Waals surface area contributed by atoms with Crippen LogP contribution in [0, 0.1) is 3.57 Å². The number of ether oxygens (including phenoxy) is 1. The van der Waals surface area contributed by atoms with Crippen molar-refractivity contribution in [1.82, 2.24) is 4.98 Å². The van der Waals surface area contributed by atoms with Crippen molar-refractivity contribution >= 4 is 33.5 Å². The zero-order valence-electron chi connectivity index (χ0n) is 7.12. The molecule has 0 atom stereocenters. The van der Waals surface area contributed by atoms with Crippen molar-refractivity contribution in [2.24, 2.45) is 0 Å². The van der Waals surface area contributed by atoms with Gasteiger partial charge in [0.15, 0.2) is 0 Å². The fourth-order valence-electron chi connectivity index (χ4n) is 1.30. The maximum atomic E-state index is 5.31. The largest absolute Gasteiger partial charge is 0.495 e. The summed E-state index contributed by atoms with van der Waals surface area (Å²) in [5.74, 6) is 0.909. The third kappa shape index (κ3) is 1.48. The molecule has 0 unspecified atom stereocenters. The number of aromatic nitrogens is 1. The van der Waals surface area contributed by atoms with Crippen molar-refractivity contribution in [3.05, 3.63) is 34.0 Å². The lowest BCUT2D eigenvalue weighted by Gasteiger charge is -2.05. The molecule has 0 spiro atoms. The molecule has 13 heavy (non-hydrogen) atoms. The van der Waals surface area contributed by atoms with Crippen LogP contribution < -0.4 is 4.74 Å². The van der Waals surface area contributed by atoms with Gasteiger partial charge in [-0.2, -0.15) is 0 Å². The van der Waals surface area contributed by atoms with Crippen molar-refractivity contribution in [3.8, 4) is 5.75 Å². The summed E-state index contributed by atoms with van der Waals surface area (Å²) in [5.41, 5.74) is 0.972. The summed E-state index contributed by atoms with van der Waals surface area (Å²) in [6, 6.07) is 7.96. The molecule has 0 saturated heterocycles. The molecule has 1 heterocycles. The third-order valence-corrected chi connectivity index (χ3v) is 2.66. The van der Waals surface area contributed by atoms with Crippen molar-refractivity contribution in [1.29, 1.82) is 0 Å². The van der Waals surface area contributed by atoms with Crippen LogP contribution in [0.1, 0.15) is 0 Å². The molecule has 2 rings (SSSR count). The standard InChI is InChI=1S/C10H8INO/c1-13-10-7-4-2-3-5-9(7)12-6-8(10)11/h2-6H,1H3. The van der Waals surface area contributed by atoms with Gasteiger partial charge >= 0.3 is 0 Å². The zero-order chi connectivity index (χ0) is 9.26. The number of para-hydroxylation sites is 1. The Balaban J connectivity index is 2.84. The van der Waals surface area contributed by atoms with Gasteiger partial charge in [0.25, 0.3) is 0 Å². The van der Waals surface area contributed by atoms with Crippen LogP contribution in [0.15, 0.2) is 30.5 Å². The summed E-state index contributed by atoms with van der Waals surface area (Å²) in [4.78, 5) is 4.30. The molecule has 0 aliphatic carbocycles. The monoisotopic (exact) mass is 285 g/mol. The van der Waals surface area contributed by atoms with E-state index >= 15 is 0 Å².